The summed E-state index contributed by atoms with van der Waals surface area (Å²) in [6, 6.07) is 12.4. The molecule has 6 heteroatoms. The molecule has 0 aliphatic carbocycles. The van der Waals surface area contributed by atoms with Gasteiger partial charge in [0, 0.05) is 10.6 Å². The lowest BCUT2D eigenvalue weighted by Crippen LogP contribution is -2.06. The van der Waals surface area contributed by atoms with E-state index in [2.05, 4.69) is 11.5 Å². The van der Waals surface area contributed by atoms with Crippen molar-refractivity contribution in [3.05, 3.63) is 62.6 Å². The van der Waals surface area contributed by atoms with Crippen molar-refractivity contribution in [1.82, 2.24) is 0 Å². The second-order valence-electron chi connectivity index (χ2n) is 4.18. The van der Waals surface area contributed by atoms with Gasteiger partial charge in [-0.25, -0.2) is 0 Å². The Morgan fingerprint density at radius 1 is 1.10 bits per heavy atom. The summed E-state index contributed by atoms with van der Waals surface area (Å²) >= 11 is 18.2. The third kappa shape index (κ3) is 3.69. The van der Waals surface area contributed by atoms with Crippen molar-refractivity contribution in [2.45, 2.75) is 0 Å². The van der Waals surface area contributed by atoms with Gasteiger partial charge in [0.15, 0.2) is 0 Å². The Morgan fingerprint density at radius 3 is 2.14 bits per heavy atom. The van der Waals surface area contributed by atoms with Crippen LogP contribution in [-0.2, 0) is 0 Å². The summed E-state index contributed by atoms with van der Waals surface area (Å²) in [5.41, 5.74) is 4.68. The van der Waals surface area contributed by atoms with Gasteiger partial charge < -0.3 is 5.43 Å². The highest BCUT2D eigenvalue weighted by Crippen LogP contribution is 2.34. The van der Waals surface area contributed by atoms with Gasteiger partial charge in [0.05, 0.1) is 27.4 Å². The molecule has 0 aromatic heterocycles. The summed E-state index contributed by atoms with van der Waals surface area (Å²) in [4.78, 5) is 0. The van der Waals surface area contributed by atoms with E-state index in [0.29, 0.717) is 31.9 Å². The van der Waals surface area contributed by atoms with E-state index in [-0.39, 0.29) is 0 Å². The lowest BCUT2D eigenvalue weighted by molar-refractivity contribution is 1.35. The molecule has 0 radical (unpaired) electrons. The first-order chi connectivity index (χ1) is 10.0. The highest BCUT2D eigenvalue weighted by molar-refractivity contribution is 6.38. The molecule has 2 aromatic carbocycles. The number of hydrogen-bond donors (Lipinski definition) is 2. The van der Waals surface area contributed by atoms with Crippen LogP contribution in [0.15, 0.2) is 36.4 Å². The van der Waals surface area contributed by atoms with Crippen LogP contribution in [0.2, 0.25) is 15.1 Å². The second kappa shape index (κ2) is 6.84. The number of allylic oxidation sites excluding steroid dienone is 1. The minimum Gasteiger partial charge on any atom is -0.324 e. The molecule has 0 heterocycles. The Kier molecular flexibility index (Phi) is 5.11. The molecular formula is C15H10Cl3N3. The lowest BCUT2D eigenvalue weighted by atomic mass is 10.0. The van der Waals surface area contributed by atoms with Gasteiger partial charge in [-0.2, -0.15) is 5.26 Å². The van der Waals surface area contributed by atoms with Crippen LogP contribution >= 0.6 is 34.8 Å². The molecule has 0 spiro atoms. The van der Waals surface area contributed by atoms with E-state index in [0.717, 1.165) is 5.56 Å². The zero-order valence-electron chi connectivity index (χ0n) is 10.7. The monoisotopic (exact) mass is 337 g/mol. The number of nitriles is 1. The zero-order chi connectivity index (χ0) is 15.4. The molecule has 21 heavy (non-hydrogen) atoms. The van der Waals surface area contributed by atoms with Crippen molar-refractivity contribution in [2.75, 3.05) is 5.43 Å². The molecule has 0 atom stereocenters. The Labute approximate surface area is 137 Å². The van der Waals surface area contributed by atoms with Gasteiger partial charge in [-0.15, -0.1) is 0 Å². The van der Waals surface area contributed by atoms with Gasteiger partial charge >= 0.3 is 0 Å². The Hall–Kier alpha value is -1.70. The summed E-state index contributed by atoms with van der Waals surface area (Å²) < 4.78 is 0. The number of nitrogen functional groups attached to an aromatic ring is 1. The predicted molar refractivity (Wildman–Crippen MR) is 89.2 cm³/mol. The van der Waals surface area contributed by atoms with Crippen LogP contribution in [-0.4, -0.2) is 0 Å². The van der Waals surface area contributed by atoms with Crippen molar-refractivity contribution in [3.8, 4) is 6.07 Å². The first-order valence-electron chi connectivity index (χ1n) is 5.88. The van der Waals surface area contributed by atoms with Gasteiger partial charge in [0.1, 0.15) is 0 Å². The summed E-state index contributed by atoms with van der Waals surface area (Å²) in [6.45, 7) is 0. The number of anilines is 1. The molecule has 0 bridgehead atoms. The van der Waals surface area contributed by atoms with E-state index in [1.54, 1.807) is 42.5 Å². The van der Waals surface area contributed by atoms with Gasteiger partial charge in [-0.05, 0) is 35.9 Å². The number of hydrazine groups is 1. The quantitative estimate of drug-likeness (QED) is 0.358. The number of benzene rings is 2. The standard InChI is InChI=1S/C15H10Cl3N3/c16-11-3-1-9(2-4-11)5-10(8-19)15-13(17)6-12(21-20)7-14(15)18/h1-7,21H,20H2. The molecular weight excluding hydrogens is 329 g/mol. The third-order valence-electron chi connectivity index (χ3n) is 2.78. The highest BCUT2D eigenvalue weighted by atomic mass is 35.5. The van der Waals surface area contributed by atoms with Crippen molar-refractivity contribution in [1.29, 1.82) is 5.26 Å². The number of rotatable bonds is 3. The molecule has 0 aliphatic rings. The normalized spacial score (nSPS) is 11.1. The SMILES string of the molecule is N#CC(=Cc1ccc(Cl)cc1)c1c(Cl)cc(NN)cc1Cl. The van der Waals surface area contributed by atoms with E-state index < -0.39 is 0 Å². The molecule has 3 N–H and O–H groups in total. The first-order valence-corrected chi connectivity index (χ1v) is 7.02. The summed E-state index contributed by atoms with van der Waals surface area (Å²) in [6.07, 6.45) is 1.69. The smallest absolute Gasteiger partial charge is 0.0999 e. The first kappa shape index (κ1) is 15.7. The average Bonchev–Trinajstić information content (AvgIpc) is 2.47. The second-order valence-corrected chi connectivity index (χ2v) is 5.43. The highest BCUT2D eigenvalue weighted by Gasteiger charge is 2.13. The van der Waals surface area contributed by atoms with E-state index in [4.69, 9.17) is 40.6 Å². The van der Waals surface area contributed by atoms with E-state index in [1.807, 2.05) is 0 Å². The lowest BCUT2D eigenvalue weighted by Gasteiger charge is -2.09. The van der Waals surface area contributed by atoms with Gasteiger partial charge in [0.2, 0.25) is 0 Å². The van der Waals surface area contributed by atoms with Crippen molar-refractivity contribution < 1.29 is 0 Å². The van der Waals surface area contributed by atoms with E-state index in [9.17, 15) is 5.26 Å². The molecule has 0 amide bonds. The molecule has 2 aromatic rings. The van der Waals surface area contributed by atoms with Crippen LogP contribution in [0.1, 0.15) is 11.1 Å². The van der Waals surface area contributed by atoms with E-state index >= 15 is 0 Å². The maximum absolute atomic E-state index is 9.37. The molecule has 0 saturated carbocycles. The molecule has 0 saturated heterocycles. The average molecular weight is 339 g/mol. The summed E-state index contributed by atoms with van der Waals surface area (Å²) in [5, 5.41) is 10.7. The van der Waals surface area contributed by atoms with Crippen LogP contribution in [0.4, 0.5) is 5.69 Å². The van der Waals surface area contributed by atoms with Gasteiger partial charge in [0.25, 0.3) is 0 Å². The molecule has 106 valence electrons. The number of hydrogen-bond acceptors (Lipinski definition) is 3. The molecule has 0 unspecified atom stereocenters. The Balaban J connectivity index is 2.52. The Bertz CT molecular complexity index is 708. The topological polar surface area (TPSA) is 61.8 Å². The Morgan fingerprint density at radius 2 is 1.67 bits per heavy atom. The molecule has 2 rings (SSSR count). The predicted octanol–water partition coefficient (Wildman–Crippen LogP) is 5.00. The van der Waals surface area contributed by atoms with E-state index in [1.165, 1.54) is 0 Å². The van der Waals surface area contributed by atoms with Gasteiger partial charge in [-0.3, -0.25) is 5.84 Å². The minimum atomic E-state index is 0.345. The van der Waals surface area contributed by atoms with Crippen LogP contribution in [0.3, 0.4) is 0 Å². The van der Waals surface area contributed by atoms with Crippen molar-refractivity contribution >= 4 is 52.1 Å². The summed E-state index contributed by atoms with van der Waals surface area (Å²) in [7, 11) is 0. The van der Waals surface area contributed by atoms with Crippen LogP contribution in [0.5, 0.6) is 0 Å². The van der Waals surface area contributed by atoms with Crippen molar-refractivity contribution in [3.63, 3.8) is 0 Å². The molecule has 0 aliphatic heterocycles. The third-order valence-corrected chi connectivity index (χ3v) is 3.63. The fourth-order valence-electron chi connectivity index (χ4n) is 1.80. The minimum absolute atomic E-state index is 0.345. The summed E-state index contributed by atoms with van der Waals surface area (Å²) in [5.74, 6) is 5.32. The van der Waals surface area contributed by atoms with Crippen molar-refractivity contribution in [2.24, 2.45) is 5.84 Å². The molecule has 0 fully saturated rings. The fourth-order valence-corrected chi connectivity index (χ4v) is 2.62. The number of nitrogens with zero attached hydrogens (tertiary/aromatic N) is 1. The molecule has 3 nitrogen and oxygen atoms in total. The zero-order valence-corrected chi connectivity index (χ0v) is 13.0. The van der Waals surface area contributed by atoms with Crippen LogP contribution in [0, 0.1) is 11.3 Å². The number of nitrogens with one attached hydrogen (secondary N) is 1. The van der Waals surface area contributed by atoms with Gasteiger partial charge in [-0.1, -0.05) is 46.9 Å². The van der Waals surface area contributed by atoms with Crippen LogP contribution in [0.25, 0.3) is 11.6 Å². The van der Waals surface area contributed by atoms with Crippen LogP contribution < -0.4 is 11.3 Å². The fraction of sp³-hybridized carbons (Fsp3) is 0. The largest absolute Gasteiger partial charge is 0.324 e. The number of halogens is 3. The maximum Gasteiger partial charge on any atom is 0.0999 e. The maximum atomic E-state index is 9.37. The number of nitrogens with two attached hydrogens (primary N) is 1.